The van der Waals surface area contributed by atoms with Crippen molar-refractivity contribution >= 4 is 15.8 Å². The minimum atomic E-state index is -2.80. The molecule has 2 fully saturated rings. The Labute approximate surface area is 146 Å². The summed E-state index contributed by atoms with van der Waals surface area (Å²) >= 11 is 0. The van der Waals surface area contributed by atoms with Gasteiger partial charge in [-0.05, 0) is 32.9 Å². The summed E-state index contributed by atoms with van der Waals surface area (Å²) in [6.07, 6.45) is 4.01. The summed E-state index contributed by atoms with van der Waals surface area (Å²) in [5.41, 5.74) is 0. The Morgan fingerprint density at radius 1 is 0.958 bits per heavy atom. The molecule has 7 nitrogen and oxygen atoms in total. The van der Waals surface area contributed by atoms with E-state index < -0.39 is 9.84 Å². The molecule has 2 rings (SSSR count). The Balaban J connectivity index is 1.66. The lowest BCUT2D eigenvalue weighted by Gasteiger charge is -2.27. The second kappa shape index (κ2) is 10.2. The van der Waals surface area contributed by atoms with Crippen LogP contribution < -0.4 is 10.6 Å². The molecule has 0 spiro atoms. The van der Waals surface area contributed by atoms with E-state index in [1.165, 1.54) is 32.4 Å². The summed E-state index contributed by atoms with van der Waals surface area (Å²) in [7, 11) is -2.80. The highest BCUT2D eigenvalue weighted by atomic mass is 32.2. The molecule has 24 heavy (non-hydrogen) atoms. The number of rotatable bonds is 7. The second-order valence-corrected chi connectivity index (χ2v) is 8.89. The summed E-state index contributed by atoms with van der Waals surface area (Å²) in [5.74, 6) is 1.43. The number of nitrogens with zero attached hydrogens (tertiary/aromatic N) is 3. The summed E-state index contributed by atoms with van der Waals surface area (Å²) in [6, 6.07) is 0. The van der Waals surface area contributed by atoms with Crippen molar-refractivity contribution in [2.75, 3.05) is 70.4 Å². The molecule has 0 unspecified atom stereocenters. The molecule has 2 aliphatic rings. The van der Waals surface area contributed by atoms with E-state index in [0.717, 1.165) is 32.1 Å². The minimum absolute atomic E-state index is 0.283. The van der Waals surface area contributed by atoms with Crippen molar-refractivity contribution < 1.29 is 8.42 Å². The fraction of sp³-hybridized carbons (Fsp3) is 0.938. The van der Waals surface area contributed by atoms with E-state index in [4.69, 9.17) is 0 Å². The SMILES string of the molecule is CCNC(=NCCN1CCS(=O)(=O)CC1)NCCN1CCCCC1. The molecule has 0 radical (unpaired) electrons. The average molecular weight is 360 g/mol. The van der Waals surface area contributed by atoms with Crippen molar-refractivity contribution in [2.45, 2.75) is 26.2 Å². The zero-order valence-electron chi connectivity index (χ0n) is 15.0. The van der Waals surface area contributed by atoms with Gasteiger partial charge < -0.3 is 15.5 Å². The first-order chi connectivity index (χ1) is 11.6. The Kier molecular flexibility index (Phi) is 8.28. The molecule has 0 amide bonds. The molecule has 8 heteroatoms. The molecule has 0 aliphatic carbocycles. The molecule has 0 aromatic carbocycles. The summed E-state index contributed by atoms with van der Waals surface area (Å²) in [6.45, 7) is 10.1. The summed E-state index contributed by atoms with van der Waals surface area (Å²) in [4.78, 5) is 9.30. The zero-order chi connectivity index (χ0) is 17.3. The first kappa shape index (κ1) is 19.5. The van der Waals surface area contributed by atoms with Gasteiger partial charge in [0.2, 0.25) is 0 Å². The molecule has 0 aromatic heterocycles. The van der Waals surface area contributed by atoms with Crippen LogP contribution in [0, 0.1) is 0 Å². The second-order valence-electron chi connectivity index (χ2n) is 6.58. The number of sulfone groups is 1. The molecule has 0 aromatic rings. The van der Waals surface area contributed by atoms with E-state index in [-0.39, 0.29) is 11.5 Å². The predicted molar refractivity (Wildman–Crippen MR) is 99.4 cm³/mol. The fourth-order valence-corrected chi connectivity index (χ4v) is 4.41. The highest BCUT2D eigenvalue weighted by Gasteiger charge is 2.20. The Bertz CT molecular complexity index is 475. The van der Waals surface area contributed by atoms with Crippen molar-refractivity contribution in [3.8, 4) is 0 Å². The van der Waals surface area contributed by atoms with Gasteiger partial charge in [-0.3, -0.25) is 9.89 Å². The lowest BCUT2D eigenvalue weighted by atomic mass is 10.1. The number of nitrogens with one attached hydrogen (secondary N) is 2. The Morgan fingerprint density at radius 2 is 1.62 bits per heavy atom. The zero-order valence-corrected chi connectivity index (χ0v) is 15.8. The van der Waals surface area contributed by atoms with Gasteiger partial charge in [-0.15, -0.1) is 0 Å². The van der Waals surface area contributed by atoms with Gasteiger partial charge in [0.25, 0.3) is 0 Å². The van der Waals surface area contributed by atoms with Crippen LogP contribution in [-0.2, 0) is 9.84 Å². The van der Waals surface area contributed by atoms with Crippen LogP contribution in [-0.4, -0.2) is 94.6 Å². The Hall–Kier alpha value is -0.860. The fourth-order valence-electron chi connectivity index (χ4n) is 3.13. The van der Waals surface area contributed by atoms with Gasteiger partial charge >= 0.3 is 0 Å². The number of likely N-dealkylation sites (tertiary alicyclic amines) is 1. The standard InChI is InChI=1S/C16H33N5O2S/c1-2-17-16(18-6-10-20-8-4-3-5-9-20)19-7-11-21-12-14-24(22,23)15-13-21/h2-15H2,1H3,(H2,17,18,19). The molecule has 0 bridgehead atoms. The van der Waals surface area contributed by atoms with E-state index in [1.54, 1.807) is 0 Å². The molecule has 140 valence electrons. The van der Waals surface area contributed by atoms with E-state index in [1.807, 2.05) is 0 Å². The van der Waals surface area contributed by atoms with E-state index in [0.29, 0.717) is 19.6 Å². The normalized spacial score (nSPS) is 23.1. The number of guanidine groups is 1. The summed E-state index contributed by atoms with van der Waals surface area (Å²) < 4.78 is 22.9. The van der Waals surface area contributed by atoms with Crippen LogP contribution in [0.15, 0.2) is 4.99 Å². The maximum absolute atomic E-state index is 11.4. The number of hydrogen-bond donors (Lipinski definition) is 2. The largest absolute Gasteiger partial charge is 0.357 e. The number of aliphatic imine (C=N–C) groups is 1. The van der Waals surface area contributed by atoms with Crippen molar-refractivity contribution in [3.63, 3.8) is 0 Å². The third-order valence-corrected chi connectivity index (χ3v) is 6.25. The van der Waals surface area contributed by atoms with Crippen LogP contribution in [0.4, 0.5) is 0 Å². The maximum atomic E-state index is 11.4. The Morgan fingerprint density at radius 3 is 2.29 bits per heavy atom. The lowest BCUT2D eigenvalue weighted by Crippen LogP contribution is -2.44. The average Bonchev–Trinajstić information content (AvgIpc) is 2.57. The molecule has 2 N–H and O–H groups in total. The number of piperidine rings is 1. The van der Waals surface area contributed by atoms with Gasteiger partial charge in [0, 0.05) is 39.3 Å². The van der Waals surface area contributed by atoms with Crippen LogP contribution in [0.25, 0.3) is 0 Å². The molecular weight excluding hydrogens is 326 g/mol. The van der Waals surface area contributed by atoms with Crippen LogP contribution >= 0.6 is 0 Å². The van der Waals surface area contributed by atoms with Gasteiger partial charge in [0.05, 0.1) is 18.1 Å². The molecule has 2 aliphatic heterocycles. The monoisotopic (exact) mass is 359 g/mol. The highest BCUT2D eigenvalue weighted by molar-refractivity contribution is 7.91. The molecular formula is C16H33N5O2S. The van der Waals surface area contributed by atoms with E-state index in [2.05, 4.69) is 32.3 Å². The van der Waals surface area contributed by atoms with Crippen LogP contribution in [0.3, 0.4) is 0 Å². The molecule has 2 heterocycles. The van der Waals surface area contributed by atoms with Gasteiger partial charge in [-0.25, -0.2) is 8.42 Å². The lowest BCUT2D eigenvalue weighted by molar-refractivity contribution is 0.232. The first-order valence-corrected chi connectivity index (χ1v) is 11.1. The van der Waals surface area contributed by atoms with Crippen molar-refractivity contribution in [2.24, 2.45) is 4.99 Å². The molecule has 0 atom stereocenters. The topological polar surface area (TPSA) is 77.0 Å². The quantitative estimate of drug-likeness (QED) is 0.483. The molecule has 2 saturated heterocycles. The van der Waals surface area contributed by atoms with Gasteiger partial charge in [-0.2, -0.15) is 0 Å². The first-order valence-electron chi connectivity index (χ1n) is 9.26. The smallest absolute Gasteiger partial charge is 0.191 e. The number of hydrogen-bond acceptors (Lipinski definition) is 5. The van der Waals surface area contributed by atoms with Gasteiger partial charge in [0.15, 0.2) is 15.8 Å². The van der Waals surface area contributed by atoms with Gasteiger partial charge in [-0.1, -0.05) is 6.42 Å². The third kappa shape index (κ3) is 7.36. The van der Waals surface area contributed by atoms with Crippen molar-refractivity contribution in [3.05, 3.63) is 0 Å². The van der Waals surface area contributed by atoms with E-state index in [9.17, 15) is 8.42 Å². The van der Waals surface area contributed by atoms with Crippen LogP contribution in [0.1, 0.15) is 26.2 Å². The van der Waals surface area contributed by atoms with Crippen LogP contribution in [0.5, 0.6) is 0 Å². The predicted octanol–water partition coefficient (Wildman–Crippen LogP) is -0.242. The highest BCUT2D eigenvalue weighted by Crippen LogP contribution is 2.07. The molecule has 0 saturated carbocycles. The maximum Gasteiger partial charge on any atom is 0.191 e. The van der Waals surface area contributed by atoms with E-state index >= 15 is 0 Å². The minimum Gasteiger partial charge on any atom is -0.357 e. The van der Waals surface area contributed by atoms with Crippen molar-refractivity contribution in [1.29, 1.82) is 0 Å². The van der Waals surface area contributed by atoms with Gasteiger partial charge in [0.1, 0.15) is 0 Å². The van der Waals surface area contributed by atoms with Crippen molar-refractivity contribution in [1.82, 2.24) is 20.4 Å². The summed E-state index contributed by atoms with van der Waals surface area (Å²) in [5, 5.41) is 6.68. The third-order valence-electron chi connectivity index (χ3n) is 4.64. The van der Waals surface area contributed by atoms with Crippen LogP contribution in [0.2, 0.25) is 0 Å².